The average Bonchev–Trinajstić information content (AvgIpc) is 2.29. The molecule has 0 aliphatic rings. The second-order valence-electron chi connectivity index (χ2n) is 4.49. The number of ether oxygens (including phenoxy) is 1. The van der Waals surface area contributed by atoms with Crippen molar-refractivity contribution in [3.63, 3.8) is 0 Å². The summed E-state index contributed by atoms with van der Waals surface area (Å²) in [6.07, 6.45) is 5.28. The van der Waals surface area contributed by atoms with Crippen molar-refractivity contribution in [2.45, 2.75) is 32.8 Å². The Balaban J connectivity index is 2.50. The molecule has 1 unspecified atom stereocenters. The molecular formula is C15H21NO. The number of nitrogens with one attached hydrogen (secondary N) is 1. The van der Waals surface area contributed by atoms with Crippen LogP contribution in [0, 0.1) is 12.3 Å². The van der Waals surface area contributed by atoms with Crippen LogP contribution in [0.4, 0.5) is 0 Å². The molecule has 17 heavy (non-hydrogen) atoms. The number of terminal acetylenes is 1. The maximum Gasteiger partial charge on any atom is 0.120 e. The van der Waals surface area contributed by atoms with Crippen LogP contribution in [0.25, 0.3) is 0 Å². The van der Waals surface area contributed by atoms with E-state index in [2.05, 4.69) is 37.2 Å². The lowest BCUT2D eigenvalue weighted by Gasteiger charge is -2.16. The van der Waals surface area contributed by atoms with Gasteiger partial charge in [-0.15, -0.1) is 6.42 Å². The molecule has 0 saturated heterocycles. The summed E-state index contributed by atoms with van der Waals surface area (Å²) in [5, 5.41) is 3.13. The second kappa shape index (κ2) is 6.98. The minimum atomic E-state index is 0.116. The van der Waals surface area contributed by atoms with E-state index in [1.165, 1.54) is 5.56 Å². The standard InChI is InChI=1S/C15H21NO/c1-5-9-16-11-13(4)17-15-8-6-7-14(10-15)12(2)3/h1,6-8,10,12-13,16H,9,11H2,2-4H3. The summed E-state index contributed by atoms with van der Waals surface area (Å²) in [6, 6.07) is 8.25. The summed E-state index contributed by atoms with van der Waals surface area (Å²) in [4.78, 5) is 0. The maximum atomic E-state index is 5.82. The van der Waals surface area contributed by atoms with Gasteiger partial charge in [-0.05, 0) is 30.5 Å². The Morgan fingerprint density at radius 1 is 1.35 bits per heavy atom. The Morgan fingerprint density at radius 2 is 2.12 bits per heavy atom. The van der Waals surface area contributed by atoms with Gasteiger partial charge in [0.2, 0.25) is 0 Å². The van der Waals surface area contributed by atoms with E-state index in [1.807, 2.05) is 19.1 Å². The molecule has 0 aromatic heterocycles. The SMILES string of the molecule is C#CCNCC(C)Oc1cccc(C(C)C)c1. The first-order valence-electron chi connectivity index (χ1n) is 6.04. The molecule has 0 spiro atoms. The third-order valence-electron chi connectivity index (χ3n) is 2.52. The summed E-state index contributed by atoms with van der Waals surface area (Å²) in [5.41, 5.74) is 1.30. The number of benzene rings is 1. The van der Waals surface area contributed by atoms with Gasteiger partial charge in [0.1, 0.15) is 11.9 Å². The van der Waals surface area contributed by atoms with Gasteiger partial charge < -0.3 is 10.1 Å². The molecule has 0 aliphatic heterocycles. The molecule has 0 saturated carbocycles. The monoisotopic (exact) mass is 231 g/mol. The van der Waals surface area contributed by atoms with Crippen LogP contribution in [0.2, 0.25) is 0 Å². The fourth-order valence-corrected chi connectivity index (χ4v) is 1.57. The maximum absolute atomic E-state index is 5.82. The van der Waals surface area contributed by atoms with Gasteiger partial charge >= 0.3 is 0 Å². The van der Waals surface area contributed by atoms with Crippen LogP contribution in [0.1, 0.15) is 32.3 Å². The van der Waals surface area contributed by atoms with Crippen LogP contribution >= 0.6 is 0 Å². The molecule has 1 N–H and O–H groups in total. The summed E-state index contributed by atoms with van der Waals surface area (Å²) in [5.74, 6) is 3.99. The highest BCUT2D eigenvalue weighted by molar-refractivity contribution is 5.30. The molecular weight excluding hydrogens is 210 g/mol. The fraction of sp³-hybridized carbons (Fsp3) is 0.467. The number of hydrogen-bond donors (Lipinski definition) is 1. The highest BCUT2D eigenvalue weighted by Gasteiger charge is 2.05. The van der Waals surface area contributed by atoms with Crippen molar-refractivity contribution in [1.82, 2.24) is 5.32 Å². The average molecular weight is 231 g/mol. The first kappa shape index (κ1) is 13.6. The zero-order valence-electron chi connectivity index (χ0n) is 10.9. The summed E-state index contributed by atoms with van der Waals surface area (Å²) in [7, 11) is 0. The molecule has 1 atom stereocenters. The van der Waals surface area contributed by atoms with Crippen LogP contribution in [0.5, 0.6) is 5.75 Å². The molecule has 2 nitrogen and oxygen atoms in total. The lowest BCUT2D eigenvalue weighted by Crippen LogP contribution is -2.29. The topological polar surface area (TPSA) is 21.3 Å². The first-order valence-corrected chi connectivity index (χ1v) is 6.04. The van der Waals surface area contributed by atoms with Crippen LogP contribution in [0.3, 0.4) is 0 Å². The Labute approximate surface area is 104 Å². The van der Waals surface area contributed by atoms with Crippen LogP contribution < -0.4 is 10.1 Å². The first-order chi connectivity index (χ1) is 8.13. The largest absolute Gasteiger partial charge is 0.489 e. The zero-order valence-corrected chi connectivity index (χ0v) is 10.9. The van der Waals surface area contributed by atoms with Crippen LogP contribution in [0.15, 0.2) is 24.3 Å². The minimum absolute atomic E-state index is 0.116. The van der Waals surface area contributed by atoms with E-state index in [0.29, 0.717) is 12.5 Å². The van der Waals surface area contributed by atoms with Crippen molar-refractivity contribution in [3.05, 3.63) is 29.8 Å². The van der Waals surface area contributed by atoms with E-state index in [9.17, 15) is 0 Å². The molecule has 1 aromatic carbocycles. The van der Waals surface area contributed by atoms with Crippen molar-refractivity contribution in [1.29, 1.82) is 0 Å². The van der Waals surface area contributed by atoms with Gasteiger partial charge in [0, 0.05) is 6.54 Å². The van der Waals surface area contributed by atoms with Crippen LogP contribution in [-0.2, 0) is 0 Å². The third-order valence-corrected chi connectivity index (χ3v) is 2.52. The van der Waals surface area contributed by atoms with Gasteiger partial charge in [0.15, 0.2) is 0 Å². The molecule has 0 amide bonds. The Kier molecular flexibility index (Phi) is 5.59. The lowest BCUT2D eigenvalue weighted by molar-refractivity contribution is 0.219. The van der Waals surface area contributed by atoms with E-state index in [1.54, 1.807) is 0 Å². The molecule has 0 aliphatic carbocycles. The quantitative estimate of drug-likeness (QED) is 0.600. The van der Waals surface area contributed by atoms with Gasteiger partial charge in [-0.3, -0.25) is 0 Å². The van der Waals surface area contributed by atoms with Gasteiger partial charge in [0.05, 0.1) is 6.54 Å². The summed E-state index contributed by atoms with van der Waals surface area (Å²) >= 11 is 0. The van der Waals surface area contributed by atoms with E-state index in [4.69, 9.17) is 11.2 Å². The number of rotatable bonds is 6. The van der Waals surface area contributed by atoms with E-state index in [-0.39, 0.29) is 6.10 Å². The zero-order chi connectivity index (χ0) is 12.7. The molecule has 0 fully saturated rings. The van der Waals surface area contributed by atoms with Gasteiger partial charge in [0.25, 0.3) is 0 Å². The second-order valence-corrected chi connectivity index (χ2v) is 4.49. The van der Waals surface area contributed by atoms with E-state index >= 15 is 0 Å². The summed E-state index contributed by atoms with van der Waals surface area (Å²) in [6.45, 7) is 7.73. The predicted molar refractivity (Wildman–Crippen MR) is 72.3 cm³/mol. The van der Waals surface area contributed by atoms with Crippen LogP contribution in [-0.4, -0.2) is 19.2 Å². The van der Waals surface area contributed by atoms with Crippen molar-refractivity contribution in [3.8, 4) is 18.1 Å². The lowest BCUT2D eigenvalue weighted by atomic mass is 10.0. The predicted octanol–water partition coefficient (Wildman–Crippen LogP) is 2.80. The molecule has 0 heterocycles. The highest BCUT2D eigenvalue weighted by Crippen LogP contribution is 2.20. The van der Waals surface area contributed by atoms with Gasteiger partial charge in [-0.1, -0.05) is 31.9 Å². The van der Waals surface area contributed by atoms with Gasteiger partial charge in [-0.25, -0.2) is 0 Å². The Morgan fingerprint density at radius 3 is 2.76 bits per heavy atom. The Hall–Kier alpha value is -1.46. The molecule has 0 bridgehead atoms. The van der Waals surface area contributed by atoms with Crippen molar-refractivity contribution in [2.75, 3.05) is 13.1 Å². The molecule has 92 valence electrons. The summed E-state index contributed by atoms with van der Waals surface area (Å²) < 4.78 is 5.82. The molecule has 1 rings (SSSR count). The Bertz CT molecular complexity index is 379. The third kappa shape index (κ3) is 4.93. The molecule has 0 radical (unpaired) electrons. The highest BCUT2D eigenvalue weighted by atomic mass is 16.5. The fourth-order valence-electron chi connectivity index (χ4n) is 1.57. The minimum Gasteiger partial charge on any atom is -0.489 e. The van der Waals surface area contributed by atoms with E-state index < -0.39 is 0 Å². The molecule has 2 heteroatoms. The van der Waals surface area contributed by atoms with E-state index in [0.717, 1.165) is 12.3 Å². The number of hydrogen-bond acceptors (Lipinski definition) is 2. The molecule has 1 aromatic rings. The van der Waals surface area contributed by atoms with Crippen molar-refractivity contribution < 1.29 is 4.74 Å². The van der Waals surface area contributed by atoms with Crippen molar-refractivity contribution >= 4 is 0 Å². The smallest absolute Gasteiger partial charge is 0.120 e. The van der Waals surface area contributed by atoms with Crippen molar-refractivity contribution in [2.24, 2.45) is 0 Å². The normalized spacial score (nSPS) is 12.2. The van der Waals surface area contributed by atoms with Gasteiger partial charge in [-0.2, -0.15) is 0 Å².